The highest BCUT2D eigenvalue weighted by atomic mass is 17.2. The topological polar surface area (TPSA) is 35.5 Å². The maximum atomic E-state index is 10.3. The molecule has 0 aliphatic rings. The minimum Gasteiger partial charge on any atom is -0.298 e. The Hall–Kier alpha value is -0.570. The van der Waals surface area contributed by atoms with E-state index >= 15 is 0 Å². The second kappa shape index (κ2) is 6.16. The number of carbonyl (C=O) groups is 1. The van der Waals surface area contributed by atoms with Crippen molar-refractivity contribution in [2.75, 3.05) is 0 Å². The molecular weight excluding hydrogens is 144 g/mol. The van der Waals surface area contributed by atoms with Gasteiger partial charge in [-0.15, -0.1) is 0 Å². The number of rotatable bonds is 5. The largest absolute Gasteiger partial charge is 0.339 e. The number of hydrogen-bond donors (Lipinski definition) is 0. The zero-order chi connectivity index (χ0) is 8.69. The number of hydrogen-bond acceptors (Lipinski definition) is 3. The van der Waals surface area contributed by atoms with Crippen molar-refractivity contribution < 1.29 is 14.6 Å². The van der Waals surface area contributed by atoms with Crippen LogP contribution in [-0.2, 0) is 14.6 Å². The monoisotopic (exact) mass is 160 g/mol. The van der Waals surface area contributed by atoms with Crippen LogP contribution in [-0.4, -0.2) is 12.1 Å². The van der Waals surface area contributed by atoms with Gasteiger partial charge in [-0.05, 0) is 13.3 Å². The molecule has 0 aliphatic carbocycles. The molecule has 0 aromatic carbocycles. The van der Waals surface area contributed by atoms with E-state index in [1.807, 2.05) is 6.92 Å². The second-order valence-electron chi connectivity index (χ2n) is 2.62. The summed E-state index contributed by atoms with van der Waals surface area (Å²) < 4.78 is 0. The molecule has 0 fully saturated rings. The zero-order valence-corrected chi connectivity index (χ0v) is 7.42. The Bertz CT molecular complexity index is 112. The van der Waals surface area contributed by atoms with E-state index in [9.17, 15) is 4.79 Å². The molecule has 0 radical (unpaired) electrons. The zero-order valence-electron chi connectivity index (χ0n) is 7.42. The van der Waals surface area contributed by atoms with Gasteiger partial charge in [0.2, 0.25) is 0 Å². The van der Waals surface area contributed by atoms with Gasteiger partial charge in [-0.3, -0.25) is 4.89 Å². The third kappa shape index (κ3) is 7.33. The fraction of sp³-hybridized carbons (Fsp3) is 0.875. The van der Waals surface area contributed by atoms with Gasteiger partial charge in [-0.25, -0.2) is 4.79 Å². The van der Waals surface area contributed by atoms with Crippen molar-refractivity contribution in [3.05, 3.63) is 0 Å². The van der Waals surface area contributed by atoms with E-state index < -0.39 is 5.97 Å². The summed E-state index contributed by atoms with van der Waals surface area (Å²) in [5.41, 5.74) is 0. The third-order valence-corrected chi connectivity index (χ3v) is 1.29. The van der Waals surface area contributed by atoms with Gasteiger partial charge in [-0.2, -0.15) is 4.89 Å². The van der Waals surface area contributed by atoms with E-state index in [1.54, 1.807) is 0 Å². The van der Waals surface area contributed by atoms with Crippen molar-refractivity contribution >= 4 is 5.97 Å². The van der Waals surface area contributed by atoms with Gasteiger partial charge in [0.05, 0.1) is 0 Å². The molecule has 1 unspecified atom stereocenters. The molecule has 1 atom stereocenters. The molecule has 0 rings (SSSR count). The quantitative estimate of drug-likeness (QED) is 0.456. The Balaban J connectivity index is 3.22. The molecule has 0 aromatic rings. The second-order valence-corrected chi connectivity index (χ2v) is 2.62. The lowest BCUT2D eigenvalue weighted by Crippen LogP contribution is -2.11. The van der Waals surface area contributed by atoms with Crippen LogP contribution in [0, 0.1) is 0 Å². The lowest BCUT2D eigenvalue weighted by atomic mass is 10.2. The first-order valence-corrected chi connectivity index (χ1v) is 4.00. The van der Waals surface area contributed by atoms with Crippen molar-refractivity contribution in [1.29, 1.82) is 0 Å². The smallest absolute Gasteiger partial charge is 0.298 e. The highest BCUT2D eigenvalue weighted by Crippen LogP contribution is 2.03. The highest BCUT2D eigenvalue weighted by Gasteiger charge is 2.03. The fourth-order valence-corrected chi connectivity index (χ4v) is 0.690. The molecule has 0 spiro atoms. The van der Waals surface area contributed by atoms with Crippen molar-refractivity contribution in [3.8, 4) is 0 Å². The van der Waals surface area contributed by atoms with Crippen molar-refractivity contribution in [2.24, 2.45) is 0 Å². The summed E-state index contributed by atoms with van der Waals surface area (Å²) in [6.07, 6.45) is 3.18. The average Bonchev–Trinajstić information content (AvgIpc) is 1.97. The van der Waals surface area contributed by atoms with Gasteiger partial charge < -0.3 is 0 Å². The molecule has 3 nitrogen and oxygen atoms in total. The Morgan fingerprint density at radius 3 is 2.64 bits per heavy atom. The van der Waals surface area contributed by atoms with E-state index in [4.69, 9.17) is 4.89 Å². The van der Waals surface area contributed by atoms with Crippen molar-refractivity contribution in [3.63, 3.8) is 0 Å². The van der Waals surface area contributed by atoms with Crippen LogP contribution >= 0.6 is 0 Å². The molecule has 0 heterocycles. The van der Waals surface area contributed by atoms with Crippen LogP contribution in [0.1, 0.15) is 40.0 Å². The fourth-order valence-electron chi connectivity index (χ4n) is 0.690. The highest BCUT2D eigenvalue weighted by molar-refractivity contribution is 5.65. The van der Waals surface area contributed by atoms with Crippen molar-refractivity contribution in [1.82, 2.24) is 0 Å². The lowest BCUT2D eigenvalue weighted by Gasteiger charge is -2.08. The average molecular weight is 160 g/mol. The first kappa shape index (κ1) is 10.4. The molecule has 0 saturated carbocycles. The molecule has 3 heteroatoms. The van der Waals surface area contributed by atoms with Gasteiger partial charge >= 0.3 is 5.97 Å². The van der Waals surface area contributed by atoms with Crippen LogP contribution in [0.25, 0.3) is 0 Å². The van der Waals surface area contributed by atoms with Crippen LogP contribution in [0.2, 0.25) is 0 Å². The molecule has 0 saturated heterocycles. The number of carbonyl (C=O) groups excluding carboxylic acids is 1. The first-order chi connectivity index (χ1) is 5.16. The van der Waals surface area contributed by atoms with E-state index in [0.717, 1.165) is 19.3 Å². The predicted molar refractivity (Wildman–Crippen MR) is 41.8 cm³/mol. The van der Waals surface area contributed by atoms with Gasteiger partial charge in [0, 0.05) is 6.92 Å². The van der Waals surface area contributed by atoms with Crippen LogP contribution < -0.4 is 0 Å². The van der Waals surface area contributed by atoms with Crippen molar-refractivity contribution in [2.45, 2.75) is 46.1 Å². The minimum atomic E-state index is -0.395. The Labute approximate surface area is 67.6 Å². The standard InChI is InChI=1S/C8H16O3/c1-4-5-6-7(2)10-11-8(3)9/h7H,4-6H2,1-3H3. The molecule has 0 aliphatic heterocycles. The van der Waals surface area contributed by atoms with E-state index in [2.05, 4.69) is 11.8 Å². The summed E-state index contributed by atoms with van der Waals surface area (Å²) in [6.45, 7) is 5.32. The lowest BCUT2D eigenvalue weighted by molar-refractivity contribution is -0.293. The molecule has 66 valence electrons. The Kier molecular flexibility index (Phi) is 5.84. The summed E-state index contributed by atoms with van der Waals surface area (Å²) in [7, 11) is 0. The van der Waals surface area contributed by atoms with E-state index in [0.29, 0.717) is 0 Å². The van der Waals surface area contributed by atoms with Gasteiger partial charge in [0.1, 0.15) is 6.10 Å². The Morgan fingerprint density at radius 2 is 2.18 bits per heavy atom. The predicted octanol–water partition coefficient (Wildman–Crippen LogP) is 2.06. The van der Waals surface area contributed by atoms with Gasteiger partial charge in [0.15, 0.2) is 0 Å². The summed E-state index contributed by atoms with van der Waals surface area (Å²) >= 11 is 0. The number of unbranched alkanes of at least 4 members (excludes halogenated alkanes) is 1. The van der Waals surface area contributed by atoms with Crippen LogP contribution in [0.5, 0.6) is 0 Å². The maximum absolute atomic E-state index is 10.3. The minimum absolute atomic E-state index is 0.0128. The maximum Gasteiger partial charge on any atom is 0.339 e. The molecule has 11 heavy (non-hydrogen) atoms. The molecule has 0 amide bonds. The molecular formula is C8H16O3. The summed E-state index contributed by atoms with van der Waals surface area (Å²) in [4.78, 5) is 19.4. The van der Waals surface area contributed by atoms with Crippen LogP contribution in [0.3, 0.4) is 0 Å². The van der Waals surface area contributed by atoms with Gasteiger partial charge in [0.25, 0.3) is 0 Å². The van der Waals surface area contributed by atoms with E-state index in [1.165, 1.54) is 6.92 Å². The van der Waals surface area contributed by atoms with Gasteiger partial charge in [-0.1, -0.05) is 19.8 Å². The molecule has 0 bridgehead atoms. The Morgan fingerprint density at radius 1 is 1.55 bits per heavy atom. The third-order valence-electron chi connectivity index (χ3n) is 1.29. The molecule has 0 N–H and O–H groups in total. The molecule has 0 aromatic heterocycles. The van der Waals surface area contributed by atoms with Crippen LogP contribution in [0.15, 0.2) is 0 Å². The SMILES string of the molecule is CCCCC(C)OOC(C)=O. The first-order valence-electron chi connectivity index (χ1n) is 4.00. The summed E-state index contributed by atoms with van der Waals surface area (Å²) in [5, 5.41) is 0. The normalized spacial score (nSPS) is 12.6. The summed E-state index contributed by atoms with van der Waals surface area (Å²) in [6, 6.07) is 0. The van der Waals surface area contributed by atoms with Crippen LogP contribution in [0.4, 0.5) is 0 Å². The van der Waals surface area contributed by atoms with E-state index in [-0.39, 0.29) is 6.10 Å². The summed E-state index contributed by atoms with van der Waals surface area (Å²) in [5.74, 6) is -0.395.